The van der Waals surface area contributed by atoms with Crippen LogP contribution in [0.2, 0.25) is 0 Å². The molecule has 1 aliphatic rings. The van der Waals surface area contributed by atoms with Crippen LogP contribution >= 0.6 is 0 Å². The number of fused-ring (bicyclic) bond motifs is 2. The number of aliphatic hydroxyl groups is 1. The number of phenolic OH excluding ortho intramolecular Hbond substituents is 2. The van der Waals surface area contributed by atoms with Crippen molar-refractivity contribution in [1.29, 1.82) is 0 Å². The Morgan fingerprint density at radius 1 is 1.16 bits per heavy atom. The lowest BCUT2D eigenvalue weighted by molar-refractivity contribution is 0.0631. The summed E-state index contributed by atoms with van der Waals surface area (Å²) in [5.41, 5.74) is 1.85. The van der Waals surface area contributed by atoms with Crippen molar-refractivity contribution < 1.29 is 24.5 Å². The average Bonchev–Trinajstić information content (AvgIpc) is 2.74. The second-order valence-electron chi connectivity index (χ2n) is 8.19. The van der Waals surface area contributed by atoms with Gasteiger partial charge in [0.15, 0.2) is 0 Å². The van der Waals surface area contributed by atoms with E-state index in [1.165, 1.54) is 18.4 Å². The first-order valence-electron chi connectivity index (χ1n) is 9.99. The number of rotatable bonds is 4. The molecule has 0 radical (unpaired) electrons. The maximum atomic E-state index is 13.4. The molecule has 0 fully saturated rings. The molecule has 160 valence electrons. The van der Waals surface area contributed by atoms with E-state index in [0.717, 1.165) is 5.57 Å². The van der Waals surface area contributed by atoms with Gasteiger partial charge in [-0.1, -0.05) is 23.8 Å². The van der Waals surface area contributed by atoms with Crippen molar-refractivity contribution in [2.24, 2.45) is 0 Å². The molecule has 3 N–H and O–H groups in total. The third-order valence-corrected chi connectivity index (χ3v) is 5.42. The van der Waals surface area contributed by atoms with E-state index in [2.05, 4.69) is 0 Å². The highest BCUT2D eigenvalue weighted by molar-refractivity contribution is 5.95. The third kappa shape index (κ3) is 3.59. The van der Waals surface area contributed by atoms with Gasteiger partial charge in [0.2, 0.25) is 5.43 Å². The summed E-state index contributed by atoms with van der Waals surface area (Å²) >= 11 is 0. The zero-order valence-electron chi connectivity index (χ0n) is 17.6. The SMILES string of the molecule is CC(C)=CCc1c2c(c(O)c3c(=O)c(-c4ccc(O)cc4)coc13)C=CC(C)(CO)O2. The molecule has 0 saturated carbocycles. The third-order valence-electron chi connectivity index (χ3n) is 5.42. The Labute approximate surface area is 179 Å². The van der Waals surface area contributed by atoms with Crippen LogP contribution in [0, 0.1) is 0 Å². The van der Waals surface area contributed by atoms with Crippen molar-refractivity contribution in [3.05, 3.63) is 69.6 Å². The largest absolute Gasteiger partial charge is 0.508 e. The standard InChI is InChI=1S/C25H24O6/c1-14(2)4-9-18-23-17(10-11-25(3,13-26)31-23)21(28)20-22(29)19(12-30-24(18)20)15-5-7-16(27)8-6-15/h4-8,10-12,26-28H,9,13H2,1-3H3. The summed E-state index contributed by atoms with van der Waals surface area (Å²) in [4.78, 5) is 13.4. The summed E-state index contributed by atoms with van der Waals surface area (Å²) in [5.74, 6) is 0.253. The fourth-order valence-corrected chi connectivity index (χ4v) is 3.63. The van der Waals surface area contributed by atoms with Crippen molar-refractivity contribution in [1.82, 2.24) is 0 Å². The molecule has 2 aromatic carbocycles. The number of hydrogen-bond donors (Lipinski definition) is 3. The van der Waals surface area contributed by atoms with Crippen molar-refractivity contribution in [2.45, 2.75) is 32.8 Å². The van der Waals surface area contributed by atoms with Crippen LogP contribution in [0.25, 0.3) is 28.2 Å². The molecular formula is C25H24O6. The molecule has 1 atom stereocenters. The molecule has 3 aromatic rings. The fraction of sp³-hybridized carbons (Fsp3) is 0.240. The van der Waals surface area contributed by atoms with E-state index in [0.29, 0.717) is 28.9 Å². The van der Waals surface area contributed by atoms with Crippen molar-refractivity contribution in [3.8, 4) is 28.4 Å². The van der Waals surface area contributed by atoms with Gasteiger partial charge in [0.1, 0.15) is 40.1 Å². The molecule has 1 aliphatic heterocycles. The molecule has 1 unspecified atom stereocenters. The number of aromatic hydroxyl groups is 2. The van der Waals surface area contributed by atoms with Gasteiger partial charge >= 0.3 is 0 Å². The van der Waals surface area contributed by atoms with Gasteiger partial charge in [0, 0.05) is 5.56 Å². The number of ether oxygens (including phenoxy) is 1. The second kappa shape index (κ2) is 7.63. The lowest BCUT2D eigenvalue weighted by Crippen LogP contribution is -2.36. The number of aliphatic hydroxyl groups excluding tert-OH is 1. The highest BCUT2D eigenvalue weighted by Gasteiger charge is 2.32. The Morgan fingerprint density at radius 2 is 1.87 bits per heavy atom. The quantitative estimate of drug-likeness (QED) is 0.536. The zero-order chi connectivity index (χ0) is 22.3. The summed E-state index contributed by atoms with van der Waals surface area (Å²) < 4.78 is 12.0. The molecule has 0 bridgehead atoms. The predicted molar refractivity (Wildman–Crippen MR) is 120 cm³/mol. The van der Waals surface area contributed by atoms with Crippen LogP contribution < -0.4 is 10.2 Å². The minimum atomic E-state index is -0.945. The molecular weight excluding hydrogens is 396 g/mol. The topological polar surface area (TPSA) is 100 Å². The van der Waals surface area contributed by atoms with Gasteiger partial charge in [-0.2, -0.15) is 0 Å². The smallest absolute Gasteiger partial charge is 0.204 e. The summed E-state index contributed by atoms with van der Waals surface area (Å²) in [6.45, 7) is 5.43. The van der Waals surface area contributed by atoms with Crippen LogP contribution in [0.15, 0.2) is 57.5 Å². The van der Waals surface area contributed by atoms with Gasteiger partial charge in [0.25, 0.3) is 0 Å². The molecule has 0 spiro atoms. The van der Waals surface area contributed by atoms with Gasteiger partial charge < -0.3 is 24.5 Å². The van der Waals surface area contributed by atoms with Crippen LogP contribution in [0.5, 0.6) is 17.2 Å². The normalized spacial score (nSPS) is 17.3. The predicted octanol–water partition coefficient (Wildman–Crippen LogP) is 4.54. The van der Waals surface area contributed by atoms with E-state index in [-0.39, 0.29) is 40.1 Å². The first-order chi connectivity index (χ1) is 14.7. The van der Waals surface area contributed by atoms with Gasteiger partial charge in [-0.15, -0.1) is 0 Å². The Bertz CT molecular complexity index is 1280. The van der Waals surface area contributed by atoms with Gasteiger partial charge in [-0.3, -0.25) is 4.79 Å². The first kappa shape index (κ1) is 20.8. The second-order valence-corrected chi connectivity index (χ2v) is 8.19. The highest BCUT2D eigenvalue weighted by atomic mass is 16.5. The van der Waals surface area contributed by atoms with Crippen LogP contribution in [-0.4, -0.2) is 27.5 Å². The van der Waals surface area contributed by atoms with Crippen LogP contribution in [-0.2, 0) is 6.42 Å². The monoisotopic (exact) mass is 420 g/mol. The Kier molecular flexibility index (Phi) is 5.11. The summed E-state index contributed by atoms with van der Waals surface area (Å²) in [6.07, 6.45) is 7.11. The number of phenols is 2. The van der Waals surface area contributed by atoms with Crippen LogP contribution in [0.3, 0.4) is 0 Å². The lowest BCUT2D eigenvalue weighted by Gasteiger charge is -2.31. The minimum Gasteiger partial charge on any atom is -0.508 e. The highest BCUT2D eigenvalue weighted by Crippen LogP contribution is 2.45. The van der Waals surface area contributed by atoms with Crippen molar-refractivity contribution >= 4 is 17.0 Å². The van der Waals surface area contributed by atoms with Crippen LogP contribution in [0.4, 0.5) is 0 Å². The van der Waals surface area contributed by atoms with Crippen molar-refractivity contribution in [3.63, 3.8) is 0 Å². The van der Waals surface area contributed by atoms with E-state index in [1.54, 1.807) is 31.2 Å². The number of hydrogen-bond acceptors (Lipinski definition) is 6. The molecule has 6 nitrogen and oxygen atoms in total. The van der Waals surface area contributed by atoms with Gasteiger partial charge in [0.05, 0.1) is 17.7 Å². The molecule has 31 heavy (non-hydrogen) atoms. The van der Waals surface area contributed by atoms with E-state index in [1.807, 2.05) is 19.9 Å². The van der Waals surface area contributed by atoms with E-state index in [9.17, 15) is 20.1 Å². The van der Waals surface area contributed by atoms with E-state index >= 15 is 0 Å². The van der Waals surface area contributed by atoms with Crippen molar-refractivity contribution in [2.75, 3.05) is 6.61 Å². The Balaban J connectivity index is 2.04. The maximum Gasteiger partial charge on any atom is 0.204 e. The van der Waals surface area contributed by atoms with Gasteiger partial charge in [-0.25, -0.2) is 0 Å². The summed E-state index contributed by atoms with van der Waals surface area (Å²) in [5, 5.41) is 30.4. The lowest BCUT2D eigenvalue weighted by atomic mass is 9.93. The number of allylic oxidation sites excluding steroid dienone is 2. The van der Waals surface area contributed by atoms with Gasteiger partial charge in [-0.05, 0) is 57.0 Å². The molecule has 6 heteroatoms. The molecule has 0 amide bonds. The Morgan fingerprint density at radius 3 is 2.52 bits per heavy atom. The summed E-state index contributed by atoms with van der Waals surface area (Å²) in [7, 11) is 0. The first-order valence-corrected chi connectivity index (χ1v) is 9.99. The molecule has 1 aromatic heterocycles. The molecule has 4 rings (SSSR count). The molecule has 0 aliphatic carbocycles. The zero-order valence-corrected chi connectivity index (χ0v) is 17.6. The Hall–Kier alpha value is -3.51. The average molecular weight is 420 g/mol. The summed E-state index contributed by atoms with van der Waals surface area (Å²) in [6, 6.07) is 6.20. The molecule has 0 saturated heterocycles. The van der Waals surface area contributed by atoms with Crippen LogP contribution in [0.1, 0.15) is 31.9 Å². The maximum absolute atomic E-state index is 13.4. The minimum absolute atomic E-state index is 0.0716. The fourth-order valence-electron chi connectivity index (χ4n) is 3.63. The number of benzene rings is 2. The molecule has 2 heterocycles. The van der Waals surface area contributed by atoms with E-state index in [4.69, 9.17) is 9.15 Å². The van der Waals surface area contributed by atoms with E-state index < -0.39 is 5.60 Å².